The van der Waals surface area contributed by atoms with Gasteiger partial charge in [-0.25, -0.2) is 9.36 Å². The van der Waals surface area contributed by atoms with E-state index in [2.05, 4.69) is 13.0 Å². The second kappa shape index (κ2) is 22.3. The van der Waals surface area contributed by atoms with Crippen LogP contribution >= 0.6 is 11.3 Å². The number of para-hydroxylation sites is 1. The summed E-state index contributed by atoms with van der Waals surface area (Å²) < 4.78 is 13.9. The Balaban J connectivity index is 0.00000616. The van der Waals surface area contributed by atoms with Crippen LogP contribution in [0, 0.1) is 0 Å². The molecule has 0 radical (unpaired) electrons. The molecule has 232 valence electrons. The van der Waals surface area contributed by atoms with Crippen LogP contribution in [-0.4, -0.2) is 25.9 Å². The predicted molar refractivity (Wildman–Crippen MR) is 173 cm³/mol. The number of carbonyl (C=O) groups excluding carboxylic acids is 1. The lowest BCUT2D eigenvalue weighted by Gasteiger charge is -2.05. The molecule has 0 atom stereocenters. The van der Waals surface area contributed by atoms with Crippen molar-refractivity contribution in [3.63, 3.8) is 0 Å². The van der Waals surface area contributed by atoms with E-state index in [0.29, 0.717) is 6.61 Å². The zero-order valence-electron chi connectivity index (χ0n) is 25.8. The summed E-state index contributed by atoms with van der Waals surface area (Å²) in [5.41, 5.74) is 1.97. The van der Waals surface area contributed by atoms with Crippen molar-refractivity contribution < 1.29 is 35.8 Å². The highest BCUT2D eigenvalue weighted by Gasteiger charge is 2.21. The molecule has 2 aromatic carbocycles. The molecule has 1 aromatic heterocycles. The number of hydrogen-bond donors (Lipinski definition) is 0. The normalized spacial score (nSPS) is 11.2. The van der Waals surface area contributed by atoms with Crippen LogP contribution in [0.1, 0.15) is 115 Å². The van der Waals surface area contributed by atoms with E-state index in [9.17, 15) is 4.79 Å². The number of carbonyl (C=O) groups is 1. The van der Waals surface area contributed by atoms with Crippen molar-refractivity contribution in [1.82, 2.24) is 0 Å². The SMILES string of the molecule is CCCCCCCCCCCCCCCCCCOC(=O)C[n+]1c(N=Cc2ccc(OC)cc2)sc2ccccc21.[Br-]. The number of esters is 1. The number of ether oxygens (including phenoxy) is 2. The Bertz CT molecular complexity index is 1160. The molecule has 0 fully saturated rings. The minimum Gasteiger partial charge on any atom is -1.00 e. The minimum absolute atomic E-state index is 0. The van der Waals surface area contributed by atoms with Gasteiger partial charge < -0.3 is 26.5 Å². The first-order chi connectivity index (χ1) is 20.2. The maximum Gasteiger partial charge on any atom is 0.383 e. The fraction of sp³-hybridized carbons (Fsp3) is 0.571. The Morgan fingerprint density at radius 1 is 0.786 bits per heavy atom. The Hall–Kier alpha value is -2.25. The summed E-state index contributed by atoms with van der Waals surface area (Å²) in [6.45, 7) is 2.94. The number of nitrogens with zero attached hydrogens (tertiary/aromatic N) is 2. The molecule has 0 aliphatic heterocycles. The molecule has 1 heterocycles. The lowest BCUT2D eigenvalue weighted by Crippen LogP contribution is -3.00. The first-order valence-electron chi connectivity index (χ1n) is 16.0. The number of unbranched alkanes of at least 4 members (excludes halogenated alkanes) is 15. The predicted octanol–water partition coefficient (Wildman–Crippen LogP) is 6.76. The third-order valence-electron chi connectivity index (χ3n) is 7.58. The maximum absolute atomic E-state index is 12.7. The van der Waals surface area contributed by atoms with Gasteiger partial charge in [0.15, 0.2) is 6.54 Å². The fourth-order valence-electron chi connectivity index (χ4n) is 5.10. The summed E-state index contributed by atoms with van der Waals surface area (Å²) in [5.74, 6) is 0.603. The number of benzene rings is 2. The van der Waals surface area contributed by atoms with Crippen molar-refractivity contribution in [2.45, 2.75) is 116 Å². The summed E-state index contributed by atoms with van der Waals surface area (Å²) >= 11 is 1.58. The number of hydrogen-bond acceptors (Lipinski definition) is 5. The number of methoxy groups -OCH3 is 1. The number of aliphatic imine (C=N–C) groups is 1. The molecule has 7 heteroatoms. The molecule has 0 spiro atoms. The van der Waals surface area contributed by atoms with Crippen molar-refractivity contribution >= 4 is 38.9 Å². The molecule has 0 N–H and O–H groups in total. The second-order valence-electron chi connectivity index (χ2n) is 11.0. The first-order valence-corrected chi connectivity index (χ1v) is 16.8. The first kappa shape index (κ1) is 35.9. The smallest absolute Gasteiger partial charge is 0.383 e. The number of rotatable bonds is 22. The van der Waals surface area contributed by atoms with Gasteiger partial charge in [-0.15, -0.1) is 0 Å². The molecule has 42 heavy (non-hydrogen) atoms. The number of aromatic nitrogens is 1. The van der Waals surface area contributed by atoms with Gasteiger partial charge in [-0.2, -0.15) is 0 Å². The molecule has 0 saturated carbocycles. The molecule has 3 aromatic rings. The number of halogens is 1. The molecular formula is C35H51BrN2O3S. The van der Waals surface area contributed by atoms with Crippen LogP contribution in [0.2, 0.25) is 0 Å². The third-order valence-corrected chi connectivity index (χ3v) is 8.65. The topological polar surface area (TPSA) is 51.8 Å². The maximum atomic E-state index is 12.7. The van der Waals surface area contributed by atoms with Gasteiger partial charge in [0, 0.05) is 5.56 Å². The molecule has 0 bridgehead atoms. The lowest BCUT2D eigenvalue weighted by atomic mass is 10.0. The van der Waals surface area contributed by atoms with Crippen LogP contribution < -0.4 is 26.3 Å². The molecule has 0 amide bonds. The lowest BCUT2D eigenvalue weighted by molar-refractivity contribution is -0.643. The summed E-state index contributed by atoms with van der Waals surface area (Å²) in [6.07, 6.45) is 23.2. The monoisotopic (exact) mass is 658 g/mol. The number of fused-ring (bicyclic) bond motifs is 1. The standard InChI is InChI=1S/C35H51N2O3S.BrH/c1-3-4-5-6-7-8-9-10-11-12-13-14-15-16-17-20-27-40-34(38)29-37-32-21-18-19-22-33(32)41-35(37)36-28-30-23-25-31(39-2)26-24-30;/h18-19,21-26,28H,3-17,20,27,29H2,1-2H3;1H/q+1;/p-1. The average molecular weight is 660 g/mol. The van der Waals surface area contributed by atoms with Gasteiger partial charge in [-0.1, -0.05) is 115 Å². The second-order valence-corrected chi connectivity index (χ2v) is 12.0. The summed E-state index contributed by atoms with van der Waals surface area (Å²) in [5, 5.41) is 0.779. The van der Waals surface area contributed by atoms with E-state index in [1.165, 1.54) is 89.9 Å². The van der Waals surface area contributed by atoms with Gasteiger partial charge in [0.1, 0.15) is 17.5 Å². The van der Waals surface area contributed by atoms with Crippen molar-refractivity contribution in [1.29, 1.82) is 0 Å². The van der Waals surface area contributed by atoms with Crippen molar-refractivity contribution in [2.75, 3.05) is 13.7 Å². The van der Waals surface area contributed by atoms with E-state index in [1.54, 1.807) is 18.4 Å². The highest BCUT2D eigenvalue weighted by molar-refractivity contribution is 7.21. The van der Waals surface area contributed by atoms with E-state index < -0.39 is 0 Å². The molecule has 3 rings (SSSR count). The number of thiazole rings is 1. The minimum atomic E-state index is -0.208. The molecular weight excluding hydrogens is 608 g/mol. The Labute approximate surface area is 268 Å². The van der Waals surface area contributed by atoms with Gasteiger partial charge in [-0.05, 0) is 59.1 Å². The van der Waals surface area contributed by atoms with Crippen molar-refractivity contribution in [3.05, 3.63) is 54.1 Å². The quantitative estimate of drug-likeness (QED) is 0.0519. The van der Waals surface area contributed by atoms with Gasteiger partial charge in [0.25, 0.3) is 0 Å². The average Bonchev–Trinajstić information content (AvgIpc) is 3.34. The molecule has 5 nitrogen and oxygen atoms in total. The van der Waals surface area contributed by atoms with Crippen LogP contribution in [0.25, 0.3) is 10.2 Å². The molecule has 0 aliphatic rings. The Morgan fingerprint density at radius 2 is 1.33 bits per heavy atom. The molecule has 0 unspecified atom stereocenters. The van der Waals surface area contributed by atoms with Crippen molar-refractivity contribution in [2.24, 2.45) is 4.99 Å². The van der Waals surface area contributed by atoms with E-state index in [1.807, 2.05) is 53.2 Å². The van der Waals surface area contributed by atoms with Crippen LogP contribution in [0.15, 0.2) is 53.5 Å². The molecule has 0 aliphatic carbocycles. The van der Waals surface area contributed by atoms with E-state index in [-0.39, 0.29) is 29.5 Å². The zero-order valence-corrected chi connectivity index (χ0v) is 28.2. The van der Waals surface area contributed by atoms with Gasteiger partial charge >= 0.3 is 11.1 Å². The summed E-state index contributed by atoms with van der Waals surface area (Å²) in [4.78, 5) is 17.4. The third kappa shape index (κ3) is 13.8. The fourth-order valence-corrected chi connectivity index (χ4v) is 6.11. The highest BCUT2D eigenvalue weighted by atomic mass is 79.9. The van der Waals surface area contributed by atoms with Crippen LogP contribution in [-0.2, 0) is 16.1 Å². The van der Waals surface area contributed by atoms with E-state index in [4.69, 9.17) is 14.5 Å². The van der Waals surface area contributed by atoms with Gasteiger partial charge in [0.2, 0.25) is 0 Å². The van der Waals surface area contributed by atoms with Crippen LogP contribution in [0.4, 0.5) is 5.13 Å². The summed E-state index contributed by atoms with van der Waals surface area (Å²) in [6, 6.07) is 15.8. The van der Waals surface area contributed by atoms with Gasteiger partial charge in [0.05, 0.1) is 18.4 Å². The van der Waals surface area contributed by atoms with Crippen LogP contribution in [0.5, 0.6) is 5.75 Å². The summed E-state index contributed by atoms with van der Waals surface area (Å²) in [7, 11) is 1.66. The van der Waals surface area contributed by atoms with Crippen molar-refractivity contribution in [3.8, 4) is 5.75 Å². The van der Waals surface area contributed by atoms with Crippen LogP contribution in [0.3, 0.4) is 0 Å². The van der Waals surface area contributed by atoms with E-state index >= 15 is 0 Å². The Kier molecular flexibility index (Phi) is 19.1. The zero-order chi connectivity index (χ0) is 29.0. The highest BCUT2D eigenvalue weighted by Crippen LogP contribution is 2.26. The largest absolute Gasteiger partial charge is 1.00 e. The Morgan fingerprint density at radius 3 is 1.90 bits per heavy atom. The van der Waals surface area contributed by atoms with Gasteiger partial charge in [-0.3, -0.25) is 0 Å². The van der Waals surface area contributed by atoms with E-state index in [0.717, 1.165) is 39.5 Å². The molecule has 0 saturated heterocycles.